The molecule has 0 N–H and O–H groups in total. The second-order valence-electron chi connectivity index (χ2n) is 4.29. The number of rotatable bonds is 3. The van der Waals surface area contributed by atoms with Crippen molar-refractivity contribution >= 4 is 17.4 Å². The zero-order chi connectivity index (χ0) is 14.0. The van der Waals surface area contributed by atoms with E-state index in [1.807, 2.05) is 0 Å². The van der Waals surface area contributed by atoms with Crippen molar-refractivity contribution in [2.24, 2.45) is 0 Å². The van der Waals surface area contributed by atoms with Crippen LogP contribution in [0.3, 0.4) is 0 Å². The van der Waals surface area contributed by atoms with Gasteiger partial charge in [0.2, 0.25) is 0 Å². The van der Waals surface area contributed by atoms with Gasteiger partial charge in [0.1, 0.15) is 11.6 Å². The largest absolute Gasteiger partial charge is 0.294 e. The molecule has 0 aliphatic rings. The Morgan fingerprint density at radius 2 is 1.89 bits per heavy atom. The van der Waals surface area contributed by atoms with Gasteiger partial charge < -0.3 is 0 Å². The molecule has 98 valence electrons. The first-order valence-electron chi connectivity index (χ1n) is 5.70. The van der Waals surface area contributed by atoms with Crippen LogP contribution in [0.4, 0.5) is 8.78 Å². The van der Waals surface area contributed by atoms with Gasteiger partial charge in [-0.3, -0.25) is 4.79 Å². The third-order valence-electron chi connectivity index (χ3n) is 2.85. The maximum absolute atomic E-state index is 13.5. The van der Waals surface area contributed by atoms with E-state index in [0.717, 1.165) is 18.2 Å². The molecular weight excluding hydrogens is 270 g/mol. The lowest BCUT2D eigenvalue weighted by molar-refractivity contribution is 0.0991. The molecule has 0 radical (unpaired) electrons. The first-order valence-corrected chi connectivity index (χ1v) is 6.08. The summed E-state index contributed by atoms with van der Waals surface area (Å²) in [7, 11) is 0. The van der Waals surface area contributed by atoms with Gasteiger partial charge in [-0.25, -0.2) is 8.78 Å². The Bertz CT molecular complexity index is 638. The number of hydrogen-bond donors (Lipinski definition) is 0. The molecule has 19 heavy (non-hydrogen) atoms. The molecule has 0 atom stereocenters. The van der Waals surface area contributed by atoms with Crippen LogP contribution in [0.2, 0.25) is 5.02 Å². The van der Waals surface area contributed by atoms with Gasteiger partial charge in [0, 0.05) is 17.0 Å². The molecule has 0 saturated heterocycles. The fourth-order valence-electron chi connectivity index (χ4n) is 1.89. The lowest BCUT2D eigenvalue weighted by Crippen LogP contribution is -2.07. The third kappa shape index (κ3) is 3.18. The van der Waals surface area contributed by atoms with E-state index < -0.39 is 11.6 Å². The molecule has 2 rings (SSSR count). The number of halogens is 3. The number of carbonyl (C=O) groups is 1. The summed E-state index contributed by atoms with van der Waals surface area (Å²) in [5.41, 5.74) is 1.24. The van der Waals surface area contributed by atoms with Crippen molar-refractivity contribution < 1.29 is 13.6 Å². The van der Waals surface area contributed by atoms with E-state index >= 15 is 0 Å². The molecule has 0 aliphatic carbocycles. The van der Waals surface area contributed by atoms with E-state index in [-0.39, 0.29) is 17.8 Å². The van der Waals surface area contributed by atoms with E-state index in [1.54, 1.807) is 25.1 Å². The average molecular weight is 281 g/mol. The predicted molar refractivity (Wildman–Crippen MR) is 70.6 cm³/mol. The van der Waals surface area contributed by atoms with Crippen LogP contribution in [0.1, 0.15) is 21.5 Å². The van der Waals surface area contributed by atoms with Crippen molar-refractivity contribution in [1.82, 2.24) is 0 Å². The Labute approximate surface area is 114 Å². The van der Waals surface area contributed by atoms with Crippen molar-refractivity contribution in [3.05, 3.63) is 69.7 Å². The van der Waals surface area contributed by atoms with E-state index in [1.165, 1.54) is 0 Å². The van der Waals surface area contributed by atoms with Crippen LogP contribution in [0, 0.1) is 18.6 Å². The standard InChI is InChI=1S/C15H11ClF2O/c1-9-6-11(16)2-4-13(9)15(19)8-10-7-12(17)3-5-14(10)18/h2-7H,8H2,1H3. The monoisotopic (exact) mass is 280 g/mol. The second-order valence-corrected chi connectivity index (χ2v) is 4.73. The Balaban J connectivity index is 2.28. The molecule has 1 nitrogen and oxygen atoms in total. The Morgan fingerprint density at radius 3 is 2.58 bits per heavy atom. The Morgan fingerprint density at radius 1 is 1.16 bits per heavy atom. The van der Waals surface area contributed by atoms with Gasteiger partial charge in [0.05, 0.1) is 0 Å². The molecule has 2 aromatic carbocycles. The minimum absolute atomic E-state index is 0.0550. The Kier molecular flexibility index (Phi) is 3.96. The highest BCUT2D eigenvalue weighted by molar-refractivity contribution is 6.30. The van der Waals surface area contributed by atoms with Crippen LogP contribution in [-0.2, 0) is 6.42 Å². The van der Waals surface area contributed by atoms with Gasteiger partial charge in [0.25, 0.3) is 0 Å². The SMILES string of the molecule is Cc1cc(Cl)ccc1C(=O)Cc1cc(F)ccc1F. The molecule has 0 heterocycles. The average Bonchev–Trinajstić information content (AvgIpc) is 2.33. The molecule has 0 aromatic heterocycles. The van der Waals surface area contributed by atoms with Crippen LogP contribution in [0.5, 0.6) is 0 Å². The van der Waals surface area contributed by atoms with E-state index in [9.17, 15) is 13.6 Å². The molecule has 2 aromatic rings. The first-order chi connectivity index (χ1) is 8.97. The summed E-state index contributed by atoms with van der Waals surface area (Å²) >= 11 is 5.81. The summed E-state index contributed by atoms with van der Waals surface area (Å²) in [6.07, 6.45) is -0.175. The molecule has 0 bridgehead atoms. The molecule has 0 unspecified atom stereocenters. The fourth-order valence-corrected chi connectivity index (χ4v) is 2.11. The van der Waals surface area contributed by atoms with Crippen molar-refractivity contribution in [3.8, 4) is 0 Å². The highest BCUT2D eigenvalue weighted by Gasteiger charge is 2.13. The molecule has 0 saturated carbocycles. The highest BCUT2D eigenvalue weighted by Crippen LogP contribution is 2.18. The van der Waals surface area contributed by atoms with Crippen molar-refractivity contribution in [2.75, 3.05) is 0 Å². The second kappa shape index (κ2) is 5.49. The van der Waals surface area contributed by atoms with E-state index in [4.69, 9.17) is 11.6 Å². The van der Waals surface area contributed by atoms with E-state index in [2.05, 4.69) is 0 Å². The lowest BCUT2D eigenvalue weighted by atomic mass is 9.99. The molecule has 4 heteroatoms. The van der Waals surface area contributed by atoms with Gasteiger partial charge in [-0.2, -0.15) is 0 Å². The summed E-state index contributed by atoms with van der Waals surface area (Å²) in [6.45, 7) is 1.75. The van der Waals surface area contributed by atoms with Crippen molar-refractivity contribution in [3.63, 3.8) is 0 Å². The molecule has 0 amide bonds. The maximum atomic E-state index is 13.5. The third-order valence-corrected chi connectivity index (χ3v) is 3.08. The number of aryl methyl sites for hydroxylation is 1. The smallest absolute Gasteiger partial charge is 0.167 e. The quantitative estimate of drug-likeness (QED) is 0.764. The van der Waals surface area contributed by atoms with Crippen molar-refractivity contribution in [2.45, 2.75) is 13.3 Å². The van der Waals surface area contributed by atoms with Crippen LogP contribution < -0.4 is 0 Å². The van der Waals surface area contributed by atoms with E-state index in [0.29, 0.717) is 16.1 Å². The zero-order valence-corrected chi connectivity index (χ0v) is 11.0. The minimum Gasteiger partial charge on any atom is -0.294 e. The maximum Gasteiger partial charge on any atom is 0.167 e. The minimum atomic E-state index is -0.582. The predicted octanol–water partition coefficient (Wildman–Crippen LogP) is 4.35. The van der Waals surface area contributed by atoms with Crippen LogP contribution >= 0.6 is 11.6 Å². The number of ketones is 1. The lowest BCUT2D eigenvalue weighted by Gasteiger charge is -2.06. The summed E-state index contributed by atoms with van der Waals surface area (Å²) in [5.74, 6) is -1.41. The number of benzene rings is 2. The molecule has 0 fully saturated rings. The number of hydrogen-bond acceptors (Lipinski definition) is 1. The summed E-state index contributed by atoms with van der Waals surface area (Å²) in [4.78, 5) is 12.1. The van der Waals surface area contributed by atoms with Crippen LogP contribution in [-0.4, -0.2) is 5.78 Å². The summed E-state index contributed by atoms with van der Waals surface area (Å²) in [5, 5.41) is 0.533. The summed E-state index contributed by atoms with van der Waals surface area (Å²) in [6, 6.07) is 7.94. The normalized spacial score (nSPS) is 10.5. The van der Waals surface area contributed by atoms with Gasteiger partial charge in [-0.15, -0.1) is 0 Å². The van der Waals surface area contributed by atoms with Gasteiger partial charge in [-0.1, -0.05) is 11.6 Å². The van der Waals surface area contributed by atoms with Crippen molar-refractivity contribution in [1.29, 1.82) is 0 Å². The van der Waals surface area contributed by atoms with Gasteiger partial charge >= 0.3 is 0 Å². The highest BCUT2D eigenvalue weighted by atomic mass is 35.5. The zero-order valence-electron chi connectivity index (χ0n) is 10.2. The van der Waals surface area contributed by atoms with Crippen LogP contribution in [0.25, 0.3) is 0 Å². The molecule has 0 aliphatic heterocycles. The first kappa shape index (κ1) is 13.7. The number of Topliss-reactive ketones (excluding diaryl/α,β-unsaturated/α-hetero) is 1. The van der Waals surface area contributed by atoms with Gasteiger partial charge in [0.15, 0.2) is 5.78 Å². The summed E-state index contributed by atoms with van der Waals surface area (Å²) < 4.78 is 26.5. The van der Waals surface area contributed by atoms with Crippen LogP contribution in [0.15, 0.2) is 36.4 Å². The Hall–Kier alpha value is -1.74. The fraction of sp³-hybridized carbons (Fsp3) is 0.133. The molecule has 0 spiro atoms. The van der Waals surface area contributed by atoms with Gasteiger partial charge in [-0.05, 0) is 54.4 Å². The topological polar surface area (TPSA) is 17.1 Å². The number of carbonyl (C=O) groups excluding carboxylic acids is 1. The molecular formula is C15H11ClF2O.